The summed E-state index contributed by atoms with van der Waals surface area (Å²) in [7, 11) is 0. The lowest BCUT2D eigenvalue weighted by Gasteiger charge is -1.90. The summed E-state index contributed by atoms with van der Waals surface area (Å²) in [5, 5.41) is 16.0. The van der Waals surface area contributed by atoms with E-state index in [1.165, 1.54) is 32.6 Å². The van der Waals surface area contributed by atoms with Gasteiger partial charge in [-0.15, -0.1) is 0 Å². The van der Waals surface area contributed by atoms with Crippen LogP contribution in [-0.4, -0.2) is 22.9 Å². The fourth-order valence-electron chi connectivity index (χ4n) is 0.500. The number of rotatable bonds is 4. The van der Waals surface area contributed by atoms with Crippen molar-refractivity contribution in [1.29, 1.82) is 0 Å². The summed E-state index contributed by atoms with van der Waals surface area (Å²) in [6.45, 7) is 5.85. The molecule has 2 heteroatoms. The van der Waals surface area contributed by atoms with E-state index in [-0.39, 0.29) is 6.61 Å². The quantitative estimate of drug-likeness (QED) is 0.620. The van der Waals surface area contributed by atoms with Crippen molar-refractivity contribution in [3.05, 3.63) is 0 Å². The smallest absolute Gasteiger partial charge is 0.0742 e. The largest absolute Gasteiger partial charge is 0.394 e. The lowest BCUT2D eigenvalue weighted by Crippen LogP contribution is -2.03. The van der Waals surface area contributed by atoms with Crippen LogP contribution in [0.4, 0.5) is 0 Å². The summed E-state index contributed by atoms with van der Waals surface area (Å²) >= 11 is 0. The highest BCUT2D eigenvalue weighted by Crippen LogP contribution is 1.95. The molecule has 1 atom stereocenters. The Hall–Kier alpha value is -0.0800. The molecule has 0 aromatic heterocycles. The molecule has 0 fully saturated rings. The predicted octanol–water partition coefficient (Wildman–Crippen LogP) is 1.95. The van der Waals surface area contributed by atoms with E-state index in [2.05, 4.69) is 13.8 Å². The zero-order valence-corrected chi connectivity index (χ0v) is 8.01. The van der Waals surface area contributed by atoms with Crippen molar-refractivity contribution in [2.45, 2.75) is 52.6 Å². The molecule has 70 valence electrons. The number of unbranched alkanes of at least 4 members (excludes halogenated alkanes) is 3. The highest BCUT2D eigenvalue weighted by molar-refractivity contribution is 4.34. The first-order chi connectivity index (χ1) is 5.18. The normalized spacial score (nSPS) is 11.7. The fraction of sp³-hybridized carbons (Fsp3) is 1.00. The van der Waals surface area contributed by atoms with Crippen LogP contribution in [-0.2, 0) is 0 Å². The van der Waals surface area contributed by atoms with E-state index >= 15 is 0 Å². The van der Waals surface area contributed by atoms with E-state index in [4.69, 9.17) is 10.2 Å². The van der Waals surface area contributed by atoms with Crippen molar-refractivity contribution in [2.75, 3.05) is 6.61 Å². The van der Waals surface area contributed by atoms with Gasteiger partial charge in [-0.25, -0.2) is 0 Å². The van der Waals surface area contributed by atoms with E-state index in [0.717, 1.165) is 0 Å². The fourth-order valence-corrected chi connectivity index (χ4v) is 0.500. The zero-order chi connectivity index (χ0) is 9.11. The standard InChI is InChI=1S/C6H14.C3H8O2/c1-3-5-6-4-2;1-3(5)2-4/h3-6H2,1-2H3;3-5H,2H2,1H3. The van der Waals surface area contributed by atoms with Crippen LogP contribution in [0.3, 0.4) is 0 Å². The van der Waals surface area contributed by atoms with Crippen molar-refractivity contribution in [2.24, 2.45) is 0 Å². The summed E-state index contributed by atoms with van der Waals surface area (Å²) < 4.78 is 0. The second-order valence-corrected chi connectivity index (χ2v) is 2.74. The molecule has 0 aliphatic carbocycles. The van der Waals surface area contributed by atoms with Gasteiger partial charge >= 0.3 is 0 Å². The van der Waals surface area contributed by atoms with Gasteiger partial charge in [-0.05, 0) is 6.92 Å². The first-order valence-electron chi connectivity index (χ1n) is 4.47. The van der Waals surface area contributed by atoms with Crippen molar-refractivity contribution in [3.8, 4) is 0 Å². The molecule has 2 N–H and O–H groups in total. The third kappa shape index (κ3) is 25.7. The molecular formula is C9H22O2. The van der Waals surface area contributed by atoms with Crippen LogP contribution in [0.2, 0.25) is 0 Å². The van der Waals surface area contributed by atoms with Crippen LogP contribution in [0.5, 0.6) is 0 Å². The first kappa shape index (κ1) is 13.5. The molecule has 0 aromatic carbocycles. The van der Waals surface area contributed by atoms with Crippen molar-refractivity contribution in [1.82, 2.24) is 0 Å². The minimum atomic E-state index is -0.560. The molecule has 0 aliphatic rings. The molecule has 0 spiro atoms. The summed E-state index contributed by atoms with van der Waals surface area (Å²) in [6.07, 6.45) is 4.98. The Morgan fingerprint density at radius 1 is 1.09 bits per heavy atom. The van der Waals surface area contributed by atoms with Gasteiger partial charge in [0.05, 0.1) is 12.7 Å². The van der Waals surface area contributed by atoms with Gasteiger partial charge in [-0.2, -0.15) is 0 Å². The lowest BCUT2D eigenvalue weighted by atomic mass is 10.2. The van der Waals surface area contributed by atoms with Gasteiger partial charge in [-0.1, -0.05) is 39.5 Å². The predicted molar refractivity (Wildman–Crippen MR) is 48.6 cm³/mol. The molecule has 0 aliphatic heterocycles. The van der Waals surface area contributed by atoms with Crippen LogP contribution >= 0.6 is 0 Å². The van der Waals surface area contributed by atoms with Gasteiger partial charge in [0.2, 0.25) is 0 Å². The Balaban J connectivity index is 0. The molecule has 0 heterocycles. The molecular weight excluding hydrogens is 140 g/mol. The summed E-state index contributed by atoms with van der Waals surface area (Å²) in [5.74, 6) is 0. The second-order valence-electron chi connectivity index (χ2n) is 2.74. The topological polar surface area (TPSA) is 40.5 Å². The van der Waals surface area contributed by atoms with Gasteiger partial charge in [0.15, 0.2) is 0 Å². The minimum absolute atomic E-state index is 0.139. The van der Waals surface area contributed by atoms with Gasteiger partial charge in [0.25, 0.3) is 0 Å². The molecule has 0 saturated heterocycles. The summed E-state index contributed by atoms with van der Waals surface area (Å²) in [5.41, 5.74) is 0. The Bertz CT molecular complexity index is 49.5. The van der Waals surface area contributed by atoms with E-state index in [1.807, 2.05) is 0 Å². The minimum Gasteiger partial charge on any atom is -0.394 e. The van der Waals surface area contributed by atoms with Gasteiger partial charge in [0, 0.05) is 0 Å². The third-order valence-corrected chi connectivity index (χ3v) is 1.22. The number of aliphatic hydroxyl groups excluding tert-OH is 2. The number of aliphatic hydroxyl groups is 2. The Labute approximate surface area is 70.3 Å². The molecule has 0 amide bonds. The van der Waals surface area contributed by atoms with Crippen molar-refractivity contribution < 1.29 is 10.2 Å². The van der Waals surface area contributed by atoms with Crippen molar-refractivity contribution >= 4 is 0 Å². The lowest BCUT2D eigenvalue weighted by molar-refractivity contribution is 0.110. The maximum atomic E-state index is 8.11. The highest BCUT2D eigenvalue weighted by Gasteiger charge is 1.83. The van der Waals surface area contributed by atoms with Gasteiger partial charge < -0.3 is 10.2 Å². The van der Waals surface area contributed by atoms with E-state index in [9.17, 15) is 0 Å². The average molecular weight is 162 g/mol. The van der Waals surface area contributed by atoms with E-state index in [1.54, 1.807) is 0 Å². The molecule has 1 unspecified atom stereocenters. The zero-order valence-electron chi connectivity index (χ0n) is 8.01. The van der Waals surface area contributed by atoms with Crippen LogP contribution < -0.4 is 0 Å². The highest BCUT2D eigenvalue weighted by atomic mass is 16.3. The van der Waals surface area contributed by atoms with Crippen LogP contribution in [0.1, 0.15) is 46.5 Å². The molecule has 0 bridgehead atoms. The van der Waals surface area contributed by atoms with Crippen LogP contribution in [0.15, 0.2) is 0 Å². The van der Waals surface area contributed by atoms with E-state index < -0.39 is 6.10 Å². The second kappa shape index (κ2) is 12.6. The molecule has 0 rings (SSSR count). The average Bonchev–Trinajstić information content (AvgIpc) is 2.02. The summed E-state index contributed by atoms with van der Waals surface area (Å²) in [6, 6.07) is 0. The SMILES string of the molecule is CC(O)CO.CCCCCC. The Morgan fingerprint density at radius 2 is 1.36 bits per heavy atom. The molecule has 0 radical (unpaired) electrons. The van der Waals surface area contributed by atoms with Crippen molar-refractivity contribution in [3.63, 3.8) is 0 Å². The van der Waals surface area contributed by atoms with Gasteiger partial charge in [0.1, 0.15) is 0 Å². The molecule has 0 aromatic rings. The maximum absolute atomic E-state index is 8.11. The maximum Gasteiger partial charge on any atom is 0.0742 e. The molecule has 11 heavy (non-hydrogen) atoms. The third-order valence-electron chi connectivity index (χ3n) is 1.22. The first-order valence-corrected chi connectivity index (χ1v) is 4.47. The number of hydrogen-bond acceptors (Lipinski definition) is 2. The van der Waals surface area contributed by atoms with E-state index in [0.29, 0.717) is 0 Å². The summed E-state index contributed by atoms with van der Waals surface area (Å²) in [4.78, 5) is 0. The monoisotopic (exact) mass is 162 g/mol. The number of hydrogen-bond donors (Lipinski definition) is 2. The Morgan fingerprint density at radius 3 is 1.45 bits per heavy atom. The van der Waals surface area contributed by atoms with Crippen LogP contribution in [0, 0.1) is 0 Å². The Kier molecular flexibility index (Phi) is 15.4. The van der Waals surface area contributed by atoms with Gasteiger partial charge in [-0.3, -0.25) is 0 Å². The molecule has 0 saturated carbocycles. The van der Waals surface area contributed by atoms with Crippen LogP contribution in [0.25, 0.3) is 0 Å². The molecule has 2 nitrogen and oxygen atoms in total.